The number of ether oxygens (including phenoxy) is 1. The fraction of sp³-hybridized carbons (Fsp3) is 0.125. The molecule has 1 heterocycles. The fourth-order valence-electron chi connectivity index (χ4n) is 3.37. The van der Waals surface area contributed by atoms with Gasteiger partial charge < -0.3 is 19.6 Å². The number of aromatic amines is 1. The van der Waals surface area contributed by atoms with E-state index in [2.05, 4.69) is 34.6 Å². The number of aromatic nitrogens is 2. The van der Waals surface area contributed by atoms with Crippen LogP contribution in [-0.2, 0) is 11.3 Å². The molecule has 0 fully saturated rings. The Morgan fingerprint density at radius 3 is 2.55 bits per heavy atom. The molecule has 3 aromatic carbocycles. The van der Waals surface area contributed by atoms with Gasteiger partial charge in [0, 0.05) is 11.3 Å². The highest BCUT2D eigenvalue weighted by Gasteiger charge is 2.12. The molecule has 6 nitrogen and oxygen atoms in total. The van der Waals surface area contributed by atoms with Crippen molar-refractivity contribution in [1.29, 1.82) is 0 Å². The van der Waals surface area contributed by atoms with Gasteiger partial charge in [0.05, 0.1) is 30.3 Å². The number of anilines is 1. The molecule has 0 radical (unpaired) electrons. The number of H-pyrrole nitrogens is 1. The average molecular weight is 432 g/mol. The van der Waals surface area contributed by atoms with Crippen molar-refractivity contribution >= 4 is 40.8 Å². The molecule has 2 N–H and O–H groups in total. The zero-order valence-corrected chi connectivity index (χ0v) is 18.0. The Hall–Kier alpha value is -3.71. The first kappa shape index (κ1) is 20.6. The van der Waals surface area contributed by atoms with Crippen molar-refractivity contribution in [1.82, 2.24) is 9.55 Å². The second kappa shape index (κ2) is 8.57. The number of hydrogen-bond donors (Lipinski definition) is 2. The maximum absolute atomic E-state index is 12.8. The lowest BCUT2D eigenvalue weighted by Gasteiger charge is -2.09. The third kappa shape index (κ3) is 4.41. The highest BCUT2D eigenvalue weighted by molar-refractivity contribution is 7.71. The van der Waals surface area contributed by atoms with Gasteiger partial charge in [0.1, 0.15) is 0 Å². The predicted molar refractivity (Wildman–Crippen MR) is 123 cm³/mol. The Balaban J connectivity index is 1.62. The number of nitrogens with one attached hydrogen (secondary N) is 2. The van der Waals surface area contributed by atoms with Gasteiger partial charge in [-0.3, -0.25) is 4.79 Å². The van der Waals surface area contributed by atoms with Gasteiger partial charge in [-0.25, -0.2) is 4.79 Å². The number of nitrogens with zero attached hydrogens (tertiary/aromatic N) is 1. The molecule has 0 saturated heterocycles. The van der Waals surface area contributed by atoms with Gasteiger partial charge in [-0.15, -0.1) is 0 Å². The summed E-state index contributed by atoms with van der Waals surface area (Å²) in [6.07, 6.45) is 0. The molecule has 7 heteroatoms. The van der Waals surface area contributed by atoms with E-state index in [0.717, 1.165) is 16.6 Å². The van der Waals surface area contributed by atoms with Crippen LogP contribution in [-0.4, -0.2) is 28.5 Å². The first-order valence-electron chi connectivity index (χ1n) is 9.72. The van der Waals surface area contributed by atoms with Crippen LogP contribution in [0.2, 0.25) is 0 Å². The summed E-state index contributed by atoms with van der Waals surface area (Å²) < 4.78 is 7.30. The average Bonchev–Trinajstić information content (AvgIpc) is 3.09. The van der Waals surface area contributed by atoms with Gasteiger partial charge in [0.15, 0.2) is 4.77 Å². The molecule has 0 aliphatic carbocycles. The van der Waals surface area contributed by atoms with Gasteiger partial charge in [0.25, 0.3) is 5.91 Å². The van der Waals surface area contributed by atoms with Crippen molar-refractivity contribution in [3.05, 3.63) is 93.8 Å². The minimum absolute atomic E-state index is 0.280. The van der Waals surface area contributed by atoms with Gasteiger partial charge in [-0.1, -0.05) is 35.9 Å². The Kier molecular flexibility index (Phi) is 5.68. The number of carbonyl (C=O) groups excluding carboxylic acids is 2. The molecule has 0 saturated carbocycles. The number of aryl methyl sites for hydroxylation is 1. The molecular formula is C24H21N3O3S. The molecule has 1 aromatic heterocycles. The van der Waals surface area contributed by atoms with E-state index < -0.39 is 5.97 Å². The van der Waals surface area contributed by atoms with Crippen LogP contribution >= 0.6 is 12.2 Å². The second-order valence-electron chi connectivity index (χ2n) is 7.26. The van der Waals surface area contributed by atoms with Crippen molar-refractivity contribution in [2.24, 2.45) is 0 Å². The minimum Gasteiger partial charge on any atom is -0.465 e. The number of imidazole rings is 1. The molecule has 4 aromatic rings. The quantitative estimate of drug-likeness (QED) is 0.341. The third-order valence-corrected chi connectivity index (χ3v) is 5.36. The Bertz CT molecular complexity index is 1340. The van der Waals surface area contributed by atoms with E-state index >= 15 is 0 Å². The lowest BCUT2D eigenvalue weighted by atomic mass is 10.1. The maximum Gasteiger partial charge on any atom is 0.337 e. The number of methoxy groups -OCH3 is 1. The van der Waals surface area contributed by atoms with Crippen LogP contribution in [0, 0.1) is 11.7 Å². The zero-order valence-electron chi connectivity index (χ0n) is 17.1. The summed E-state index contributed by atoms with van der Waals surface area (Å²) in [5.74, 6) is -0.738. The van der Waals surface area contributed by atoms with Crippen molar-refractivity contribution in [3.8, 4) is 0 Å². The van der Waals surface area contributed by atoms with Crippen molar-refractivity contribution < 1.29 is 14.3 Å². The monoisotopic (exact) mass is 431 g/mol. The number of esters is 1. The molecule has 31 heavy (non-hydrogen) atoms. The summed E-state index contributed by atoms with van der Waals surface area (Å²) in [5.41, 5.74) is 5.40. The molecule has 1 amide bonds. The smallest absolute Gasteiger partial charge is 0.337 e. The largest absolute Gasteiger partial charge is 0.465 e. The first-order valence-corrected chi connectivity index (χ1v) is 10.1. The molecule has 0 bridgehead atoms. The highest BCUT2D eigenvalue weighted by Crippen LogP contribution is 2.20. The minimum atomic E-state index is -0.458. The lowest BCUT2D eigenvalue weighted by molar-refractivity contribution is 0.0600. The fourth-order valence-corrected chi connectivity index (χ4v) is 3.64. The molecule has 0 atom stereocenters. The molecule has 156 valence electrons. The second-order valence-corrected chi connectivity index (χ2v) is 7.65. The topological polar surface area (TPSA) is 76.1 Å². The van der Waals surface area contributed by atoms with Gasteiger partial charge in [0.2, 0.25) is 0 Å². The third-order valence-electron chi connectivity index (χ3n) is 5.04. The van der Waals surface area contributed by atoms with Crippen molar-refractivity contribution in [2.45, 2.75) is 13.5 Å². The number of amides is 1. The normalized spacial score (nSPS) is 10.8. The predicted octanol–water partition coefficient (Wildman–Crippen LogP) is 5.09. The van der Waals surface area contributed by atoms with Crippen LogP contribution in [0.15, 0.2) is 66.7 Å². The Morgan fingerprint density at radius 1 is 1.03 bits per heavy atom. The van der Waals surface area contributed by atoms with E-state index in [0.29, 0.717) is 28.1 Å². The molecule has 0 aliphatic rings. The first-order chi connectivity index (χ1) is 14.9. The van der Waals surface area contributed by atoms with E-state index in [1.54, 1.807) is 30.3 Å². The van der Waals surface area contributed by atoms with Crippen LogP contribution in [0.4, 0.5) is 5.69 Å². The zero-order chi connectivity index (χ0) is 22.0. The molecule has 0 unspecified atom stereocenters. The summed E-state index contributed by atoms with van der Waals surface area (Å²) in [6.45, 7) is 2.65. The van der Waals surface area contributed by atoms with Crippen molar-refractivity contribution in [3.63, 3.8) is 0 Å². The van der Waals surface area contributed by atoms with Crippen LogP contribution in [0.3, 0.4) is 0 Å². The Labute approximate surface area is 184 Å². The van der Waals surface area contributed by atoms with Crippen LogP contribution < -0.4 is 5.32 Å². The van der Waals surface area contributed by atoms with E-state index in [-0.39, 0.29) is 5.91 Å². The number of benzene rings is 3. The van der Waals surface area contributed by atoms with E-state index in [1.807, 2.05) is 23.6 Å². The van der Waals surface area contributed by atoms with Crippen LogP contribution in [0.5, 0.6) is 0 Å². The van der Waals surface area contributed by atoms with Crippen LogP contribution in [0.1, 0.15) is 31.8 Å². The molecular weight excluding hydrogens is 410 g/mol. The number of carbonyl (C=O) groups is 2. The number of hydrogen-bond acceptors (Lipinski definition) is 4. The number of fused-ring (bicyclic) bond motifs is 1. The molecule has 4 rings (SSSR count). The molecule has 0 aliphatic heterocycles. The Morgan fingerprint density at radius 2 is 1.81 bits per heavy atom. The van der Waals surface area contributed by atoms with E-state index in [9.17, 15) is 9.59 Å². The van der Waals surface area contributed by atoms with Gasteiger partial charge in [-0.05, 0) is 61.1 Å². The summed E-state index contributed by atoms with van der Waals surface area (Å²) in [6, 6.07) is 20.3. The SMILES string of the molecule is COC(=O)c1cccc(NC(=O)c2ccc3[nH]c(=S)n(Cc4ccc(C)cc4)c3c2)c1. The summed E-state index contributed by atoms with van der Waals surface area (Å²) >= 11 is 5.51. The standard InChI is InChI=1S/C24H21N3O3S/c1-15-6-8-16(9-7-15)14-27-21-13-17(10-11-20(21)26-24(27)31)22(28)25-19-5-3-4-18(12-19)23(29)30-2/h3-13H,14H2,1-2H3,(H,25,28)(H,26,31). The summed E-state index contributed by atoms with van der Waals surface area (Å²) in [4.78, 5) is 27.8. The lowest BCUT2D eigenvalue weighted by Crippen LogP contribution is -2.13. The van der Waals surface area contributed by atoms with Gasteiger partial charge in [-0.2, -0.15) is 0 Å². The van der Waals surface area contributed by atoms with Gasteiger partial charge >= 0.3 is 5.97 Å². The summed E-state index contributed by atoms with van der Waals surface area (Å²) in [5, 5.41) is 2.83. The highest BCUT2D eigenvalue weighted by atomic mass is 32.1. The van der Waals surface area contributed by atoms with E-state index in [1.165, 1.54) is 12.7 Å². The van der Waals surface area contributed by atoms with E-state index in [4.69, 9.17) is 17.0 Å². The van der Waals surface area contributed by atoms with Crippen molar-refractivity contribution in [2.75, 3.05) is 12.4 Å². The van der Waals surface area contributed by atoms with Crippen LogP contribution in [0.25, 0.3) is 11.0 Å². The molecule has 0 spiro atoms. The summed E-state index contributed by atoms with van der Waals surface area (Å²) in [7, 11) is 1.32. The number of rotatable bonds is 5. The maximum atomic E-state index is 12.8.